The molecule has 0 radical (unpaired) electrons. The second-order valence-corrected chi connectivity index (χ2v) is 6.15. The summed E-state index contributed by atoms with van der Waals surface area (Å²) in [5, 5.41) is 12.4. The zero-order chi connectivity index (χ0) is 13.1. The van der Waals surface area contributed by atoms with Gasteiger partial charge in [-0.15, -0.1) is 0 Å². The summed E-state index contributed by atoms with van der Waals surface area (Å²) in [5.41, 5.74) is 2.27. The Bertz CT molecular complexity index is 633. The van der Waals surface area contributed by atoms with Gasteiger partial charge in [-0.25, -0.2) is 0 Å². The van der Waals surface area contributed by atoms with Crippen LogP contribution in [0, 0.1) is 11.3 Å². The molecule has 0 heterocycles. The van der Waals surface area contributed by atoms with E-state index in [1.54, 1.807) is 0 Å². The fourth-order valence-electron chi connectivity index (χ4n) is 1.48. The maximum atomic E-state index is 9.15. The van der Waals surface area contributed by atoms with Gasteiger partial charge in [-0.1, -0.05) is 22.0 Å². The zero-order valence-corrected chi connectivity index (χ0v) is 13.8. The van der Waals surface area contributed by atoms with Gasteiger partial charge in [0.05, 0.1) is 16.9 Å². The van der Waals surface area contributed by atoms with Crippen molar-refractivity contribution in [1.29, 1.82) is 5.26 Å². The Labute approximate surface area is 130 Å². The predicted molar refractivity (Wildman–Crippen MR) is 84.0 cm³/mol. The van der Waals surface area contributed by atoms with Crippen molar-refractivity contribution in [2.75, 3.05) is 5.32 Å². The Kier molecular flexibility index (Phi) is 4.44. The van der Waals surface area contributed by atoms with E-state index < -0.39 is 0 Å². The fraction of sp³-hybridized carbons (Fsp3) is 0. The summed E-state index contributed by atoms with van der Waals surface area (Å²) in [7, 11) is 0. The second-order valence-electron chi connectivity index (χ2n) is 3.52. The van der Waals surface area contributed by atoms with Gasteiger partial charge in [0.1, 0.15) is 6.07 Å². The maximum Gasteiger partial charge on any atom is 0.103 e. The van der Waals surface area contributed by atoms with Crippen molar-refractivity contribution in [1.82, 2.24) is 0 Å². The number of rotatable bonds is 2. The van der Waals surface area contributed by atoms with E-state index in [0.29, 0.717) is 5.56 Å². The molecule has 90 valence electrons. The van der Waals surface area contributed by atoms with Crippen LogP contribution in [0.1, 0.15) is 5.56 Å². The lowest BCUT2D eigenvalue weighted by molar-refractivity contribution is 1.43. The first-order chi connectivity index (χ1) is 8.61. The van der Waals surface area contributed by atoms with Crippen LogP contribution in [0.25, 0.3) is 0 Å². The van der Waals surface area contributed by atoms with E-state index in [4.69, 9.17) is 5.26 Å². The number of hydrogen-bond acceptors (Lipinski definition) is 2. The molecular formula is C13H7Br3N2. The van der Waals surface area contributed by atoms with Crippen molar-refractivity contribution in [3.8, 4) is 6.07 Å². The number of benzene rings is 2. The van der Waals surface area contributed by atoms with Gasteiger partial charge in [0.2, 0.25) is 0 Å². The van der Waals surface area contributed by atoms with E-state index in [1.165, 1.54) is 0 Å². The third kappa shape index (κ3) is 2.94. The molecule has 0 bridgehead atoms. The van der Waals surface area contributed by atoms with Crippen LogP contribution < -0.4 is 5.32 Å². The van der Waals surface area contributed by atoms with Crippen LogP contribution in [0.5, 0.6) is 0 Å². The average molecular weight is 431 g/mol. The first-order valence-corrected chi connectivity index (χ1v) is 7.40. The Morgan fingerprint density at radius 2 is 1.72 bits per heavy atom. The minimum Gasteiger partial charge on any atom is -0.353 e. The summed E-state index contributed by atoms with van der Waals surface area (Å²) in [6.45, 7) is 0. The van der Waals surface area contributed by atoms with E-state index in [0.717, 1.165) is 24.8 Å². The summed E-state index contributed by atoms with van der Waals surface area (Å²) in [5.74, 6) is 0. The summed E-state index contributed by atoms with van der Waals surface area (Å²) in [6.07, 6.45) is 0. The third-order valence-corrected chi connectivity index (χ3v) is 4.14. The van der Waals surface area contributed by atoms with Gasteiger partial charge in [-0.2, -0.15) is 5.26 Å². The monoisotopic (exact) mass is 428 g/mol. The van der Waals surface area contributed by atoms with Crippen molar-refractivity contribution in [2.24, 2.45) is 0 Å². The van der Waals surface area contributed by atoms with Gasteiger partial charge in [0.25, 0.3) is 0 Å². The summed E-state index contributed by atoms with van der Waals surface area (Å²) < 4.78 is 2.71. The van der Waals surface area contributed by atoms with Crippen LogP contribution in [0.4, 0.5) is 11.4 Å². The molecular weight excluding hydrogens is 424 g/mol. The third-order valence-electron chi connectivity index (χ3n) is 2.33. The summed E-state index contributed by atoms with van der Waals surface area (Å²) >= 11 is 10.3. The quantitative estimate of drug-likeness (QED) is 0.674. The number of hydrogen-bond donors (Lipinski definition) is 1. The molecule has 0 fully saturated rings. The predicted octanol–water partition coefficient (Wildman–Crippen LogP) is 5.59. The molecule has 2 rings (SSSR count). The maximum absolute atomic E-state index is 9.15. The van der Waals surface area contributed by atoms with Crippen molar-refractivity contribution >= 4 is 59.2 Å². The number of nitriles is 1. The number of nitrogens with zero attached hydrogens (tertiary/aromatic N) is 1. The average Bonchev–Trinajstić information content (AvgIpc) is 2.33. The van der Waals surface area contributed by atoms with Gasteiger partial charge in [0, 0.05) is 13.4 Å². The standard InChI is InChI=1S/C13H7Br3N2/c14-8-4-5-13(11(16)6-8)18-12-3-1-2-10(15)9(12)7-17/h1-6,18H. The molecule has 0 aliphatic carbocycles. The van der Waals surface area contributed by atoms with E-state index in [1.807, 2.05) is 36.4 Å². The molecule has 5 heteroatoms. The van der Waals surface area contributed by atoms with Gasteiger partial charge in [-0.3, -0.25) is 0 Å². The zero-order valence-electron chi connectivity index (χ0n) is 9.05. The highest BCUT2D eigenvalue weighted by Crippen LogP contribution is 2.31. The van der Waals surface area contributed by atoms with E-state index in [9.17, 15) is 0 Å². The normalized spacial score (nSPS) is 9.89. The molecule has 2 aromatic carbocycles. The second kappa shape index (κ2) is 5.87. The van der Waals surface area contributed by atoms with E-state index in [2.05, 4.69) is 59.2 Å². The molecule has 0 saturated heterocycles. The summed E-state index contributed by atoms with van der Waals surface area (Å²) in [6, 6.07) is 13.6. The smallest absolute Gasteiger partial charge is 0.103 e. The van der Waals surface area contributed by atoms with Gasteiger partial charge < -0.3 is 5.32 Å². The van der Waals surface area contributed by atoms with Crippen molar-refractivity contribution in [3.63, 3.8) is 0 Å². The van der Waals surface area contributed by atoms with Gasteiger partial charge in [0.15, 0.2) is 0 Å². The molecule has 1 N–H and O–H groups in total. The fourth-order valence-corrected chi connectivity index (χ4v) is 3.08. The van der Waals surface area contributed by atoms with Crippen molar-refractivity contribution < 1.29 is 0 Å². The lowest BCUT2D eigenvalue weighted by Gasteiger charge is -2.11. The highest BCUT2D eigenvalue weighted by Gasteiger charge is 2.07. The largest absolute Gasteiger partial charge is 0.353 e. The first kappa shape index (κ1) is 13.6. The van der Waals surface area contributed by atoms with Crippen LogP contribution in [-0.2, 0) is 0 Å². The molecule has 2 nitrogen and oxygen atoms in total. The molecule has 0 saturated carbocycles. The van der Waals surface area contributed by atoms with Gasteiger partial charge in [-0.05, 0) is 62.2 Å². The minimum absolute atomic E-state index is 0.590. The van der Waals surface area contributed by atoms with E-state index >= 15 is 0 Å². The lowest BCUT2D eigenvalue weighted by Crippen LogP contribution is -1.95. The molecule has 2 aromatic rings. The van der Waals surface area contributed by atoms with Crippen LogP contribution in [0.2, 0.25) is 0 Å². The van der Waals surface area contributed by atoms with Gasteiger partial charge >= 0.3 is 0 Å². The highest BCUT2D eigenvalue weighted by atomic mass is 79.9. The molecule has 0 atom stereocenters. The van der Waals surface area contributed by atoms with Crippen LogP contribution in [0.15, 0.2) is 49.8 Å². The Hall–Kier alpha value is -0.830. The minimum atomic E-state index is 0.590. The molecule has 18 heavy (non-hydrogen) atoms. The Morgan fingerprint density at radius 1 is 0.944 bits per heavy atom. The molecule has 0 spiro atoms. The van der Waals surface area contributed by atoms with Crippen LogP contribution in [0.3, 0.4) is 0 Å². The number of nitrogens with one attached hydrogen (secondary N) is 1. The SMILES string of the molecule is N#Cc1c(Br)cccc1Nc1ccc(Br)cc1Br. The summed E-state index contributed by atoms with van der Waals surface area (Å²) in [4.78, 5) is 0. The highest BCUT2D eigenvalue weighted by molar-refractivity contribution is 9.11. The Morgan fingerprint density at radius 3 is 2.39 bits per heavy atom. The molecule has 0 amide bonds. The number of anilines is 2. The van der Waals surface area contributed by atoms with E-state index in [-0.39, 0.29) is 0 Å². The van der Waals surface area contributed by atoms with Crippen LogP contribution in [-0.4, -0.2) is 0 Å². The topological polar surface area (TPSA) is 35.8 Å². The first-order valence-electron chi connectivity index (χ1n) is 5.02. The molecule has 0 aliphatic heterocycles. The Balaban J connectivity index is 2.41. The lowest BCUT2D eigenvalue weighted by atomic mass is 10.2. The number of halogens is 3. The van der Waals surface area contributed by atoms with Crippen molar-refractivity contribution in [3.05, 3.63) is 55.4 Å². The molecule has 0 unspecified atom stereocenters. The molecule has 0 aromatic heterocycles. The van der Waals surface area contributed by atoms with Crippen molar-refractivity contribution in [2.45, 2.75) is 0 Å². The van der Waals surface area contributed by atoms with Crippen LogP contribution >= 0.6 is 47.8 Å². The molecule has 0 aliphatic rings.